The predicted molar refractivity (Wildman–Crippen MR) is 211 cm³/mol. The fraction of sp³-hybridized carbons (Fsp3) is 0.773. The summed E-state index contributed by atoms with van der Waals surface area (Å²) in [4.78, 5) is 24.3. The molecule has 6 nitrogen and oxygen atoms in total. The highest BCUT2D eigenvalue weighted by atomic mass is 16.6. The average Bonchev–Trinajstić information content (AvgIpc) is 3.11. The smallest absolute Gasteiger partial charge is 0.306 e. The molecule has 0 radical (unpaired) electrons. The molecule has 0 rings (SSSR count). The molecule has 0 saturated heterocycles. The summed E-state index contributed by atoms with van der Waals surface area (Å²) in [6.07, 6.45) is 43.4. The molecule has 50 heavy (non-hydrogen) atoms. The molecule has 0 spiro atoms. The first-order valence-corrected chi connectivity index (χ1v) is 20.7. The molecule has 2 N–H and O–H groups in total. The number of rotatable bonds is 36. The van der Waals surface area contributed by atoms with Crippen LogP contribution in [0.25, 0.3) is 0 Å². The van der Waals surface area contributed by atoms with Crippen LogP contribution in [0.5, 0.6) is 0 Å². The van der Waals surface area contributed by atoms with Crippen LogP contribution in [0.15, 0.2) is 48.6 Å². The van der Waals surface area contributed by atoms with Crippen LogP contribution in [0.2, 0.25) is 0 Å². The number of aliphatic hydroxyl groups is 2. The maximum Gasteiger partial charge on any atom is 0.306 e. The number of hydrogen-bond acceptors (Lipinski definition) is 6. The molecule has 0 bridgehead atoms. The van der Waals surface area contributed by atoms with Crippen LogP contribution in [-0.4, -0.2) is 47.6 Å². The maximum atomic E-state index is 12.2. The van der Waals surface area contributed by atoms with Crippen LogP contribution in [0.4, 0.5) is 0 Å². The van der Waals surface area contributed by atoms with Gasteiger partial charge in [0.25, 0.3) is 0 Å². The lowest BCUT2D eigenvalue weighted by Gasteiger charge is -2.15. The minimum Gasteiger partial charge on any atom is -0.462 e. The number of esters is 2. The van der Waals surface area contributed by atoms with Crippen molar-refractivity contribution in [3.63, 3.8) is 0 Å². The van der Waals surface area contributed by atoms with Crippen LogP contribution in [0.1, 0.15) is 188 Å². The number of ether oxygens (including phenoxy) is 2. The molecular weight excluding hydrogens is 624 g/mol. The van der Waals surface area contributed by atoms with Gasteiger partial charge >= 0.3 is 11.9 Å². The molecule has 0 aliphatic rings. The highest BCUT2D eigenvalue weighted by Crippen LogP contribution is 2.16. The molecule has 6 heteroatoms. The summed E-state index contributed by atoms with van der Waals surface area (Å²) in [6, 6.07) is 0. The third kappa shape index (κ3) is 35.6. The van der Waals surface area contributed by atoms with Gasteiger partial charge in [-0.15, -0.1) is 0 Å². The summed E-state index contributed by atoms with van der Waals surface area (Å²) in [5.41, 5.74) is 0. The van der Waals surface area contributed by atoms with Gasteiger partial charge in [0.2, 0.25) is 0 Å². The van der Waals surface area contributed by atoms with Gasteiger partial charge < -0.3 is 19.7 Å². The number of carbonyl (C=O) groups excluding carboxylic acids is 2. The van der Waals surface area contributed by atoms with Crippen molar-refractivity contribution in [2.24, 2.45) is 5.92 Å². The predicted octanol–water partition coefficient (Wildman–Crippen LogP) is 11.8. The van der Waals surface area contributed by atoms with E-state index in [-0.39, 0.29) is 25.6 Å². The number of carbonyl (C=O) groups is 2. The summed E-state index contributed by atoms with van der Waals surface area (Å²) in [6.45, 7) is 6.38. The van der Waals surface area contributed by atoms with Gasteiger partial charge in [-0.3, -0.25) is 9.59 Å². The molecule has 0 saturated carbocycles. The van der Waals surface area contributed by atoms with E-state index >= 15 is 0 Å². The van der Waals surface area contributed by atoms with E-state index in [1.165, 1.54) is 103 Å². The average molecular weight is 703 g/mol. The second-order valence-electron chi connectivity index (χ2n) is 14.2. The lowest BCUT2D eigenvalue weighted by molar-refractivity contribution is -0.161. The van der Waals surface area contributed by atoms with Crippen molar-refractivity contribution >= 4 is 11.9 Å². The quantitative estimate of drug-likeness (QED) is 0.0292. The molecule has 0 heterocycles. The van der Waals surface area contributed by atoms with E-state index in [1.807, 2.05) is 42.5 Å². The van der Waals surface area contributed by atoms with E-state index < -0.39 is 18.2 Å². The van der Waals surface area contributed by atoms with Crippen molar-refractivity contribution in [2.75, 3.05) is 13.2 Å². The van der Waals surface area contributed by atoms with E-state index in [9.17, 15) is 19.8 Å². The van der Waals surface area contributed by atoms with Gasteiger partial charge in [-0.2, -0.15) is 0 Å². The lowest BCUT2D eigenvalue weighted by atomic mass is 9.99. The van der Waals surface area contributed by atoms with Crippen LogP contribution in [0.3, 0.4) is 0 Å². The minimum atomic E-state index is -0.821. The molecule has 0 aromatic heterocycles. The molecule has 3 atom stereocenters. The largest absolute Gasteiger partial charge is 0.462 e. The molecule has 0 aliphatic carbocycles. The minimum absolute atomic E-state index is 0.105. The topological polar surface area (TPSA) is 93.1 Å². The zero-order chi connectivity index (χ0) is 36.8. The standard InChI is InChI=1S/C44H78O6/c1-4-6-7-8-18-24-29-34-41(46)35-30-25-20-17-22-27-32-37-44(48)50-42(38-45)39-49-43(47)36-31-26-21-16-14-12-10-9-11-13-15-19-23-28-33-40(3)5-2/h17-18,22,24-25,29-30,34,40-42,45-46H,4-16,19-21,23,26-28,31-33,35-39H2,1-3H3/b22-17+,24-18-,30-25-,34-29-/t40?,41-,42-/m0/s1. The Labute approximate surface area is 308 Å². The third-order valence-electron chi connectivity index (χ3n) is 9.25. The SMILES string of the molecule is CCCCC/C=C\C=C/[C@H](O)C/C=C\C/C=C/CCCC(=O)O[C@@H](CO)COC(=O)CCCCCCCCCCCCCCCCC(C)CC. The number of allylic oxidation sites excluding steroid dienone is 6. The van der Waals surface area contributed by atoms with Crippen molar-refractivity contribution in [1.82, 2.24) is 0 Å². The van der Waals surface area contributed by atoms with E-state index in [0.717, 1.165) is 44.4 Å². The monoisotopic (exact) mass is 703 g/mol. The molecule has 1 unspecified atom stereocenters. The van der Waals surface area contributed by atoms with Crippen LogP contribution in [0, 0.1) is 5.92 Å². The Hall–Kier alpha value is -2.18. The van der Waals surface area contributed by atoms with Crippen molar-refractivity contribution < 1.29 is 29.3 Å². The Balaban J connectivity index is 3.69. The number of unbranched alkanes of at least 4 members (excludes halogenated alkanes) is 17. The maximum absolute atomic E-state index is 12.2. The number of hydrogen-bond donors (Lipinski definition) is 2. The summed E-state index contributed by atoms with van der Waals surface area (Å²) < 4.78 is 10.6. The Kier molecular flexibility index (Phi) is 36.4. The molecule has 290 valence electrons. The fourth-order valence-corrected chi connectivity index (χ4v) is 5.66. The first-order chi connectivity index (χ1) is 24.4. The summed E-state index contributed by atoms with van der Waals surface area (Å²) in [7, 11) is 0. The normalized spacial score (nSPS) is 13.9. The van der Waals surface area contributed by atoms with Gasteiger partial charge in [-0.25, -0.2) is 0 Å². The summed E-state index contributed by atoms with van der Waals surface area (Å²) in [5.74, 6) is 0.200. The first-order valence-electron chi connectivity index (χ1n) is 20.7. The van der Waals surface area contributed by atoms with Crippen molar-refractivity contribution in [3.8, 4) is 0 Å². The molecule has 0 aromatic rings. The third-order valence-corrected chi connectivity index (χ3v) is 9.25. The number of aliphatic hydroxyl groups excluding tert-OH is 2. The molecule has 0 fully saturated rings. The lowest BCUT2D eigenvalue weighted by Crippen LogP contribution is -2.28. The second kappa shape index (κ2) is 38.1. The Bertz CT molecular complexity index is 876. The van der Waals surface area contributed by atoms with Crippen molar-refractivity contribution in [1.29, 1.82) is 0 Å². The zero-order valence-electron chi connectivity index (χ0n) is 32.7. The fourth-order valence-electron chi connectivity index (χ4n) is 5.66. The van der Waals surface area contributed by atoms with Gasteiger partial charge in [0, 0.05) is 12.8 Å². The van der Waals surface area contributed by atoms with E-state index in [4.69, 9.17) is 9.47 Å². The van der Waals surface area contributed by atoms with E-state index in [1.54, 1.807) is 0 Å². The summed E-state index contributed by atoms with van der Waals surface area (Å²) >= 11 is 0. The van der Waals surface area contributed by atoms with Crippen LogP contribution in [-0.2, 0) is 19.1 Å². The van der Waals surface area contributed by atoms with Crippen molar-refractivity contribution in [3.05, 3.63) is 48.6 Å². The summed E-state index contributed by atoms with van der Waals surface area (Å²) in [5, 5.41) is 19.6. The highest BCUT2D eigenvalue weighted by Gasteiger charge is 2.16. The molecule has 0 aliphatic heterocycles. The van der Waals surface area contributed by atoms with E-state index in [0.29, 0.717) is 19.3 Å². The van der Waals surface area contributed by atoms with Crippen LogP contribution >= 0.6 is 0 Å². The molecular formula is C44H78O6. The molecule has 0 aromatic carbocycles. The first kappa shape index (κ1) is 47.8. The van der Waals surface area contributed by atoms with Gasteiger partial charge in [0.1, 0.15) is 6.61 Å². The Morgan fingerprint density at radius 3 is 1.84 bits per heavy atom. The zero-order valence-corrected chi connectivity index (χ0v) is 32.7. The second-order valence-corrected chi connectivity index (χ2v) is 14.2. The van der Waals surface area contributed by atoms with Gasteiger partial charge in [-0.1, -0.05) is 179 Å². The van der Waals surface area contributed by atoms with Gasteiger partial charge in [-0.05, 0) is 50.9 Å². The van der Waals surface area contributed by atoms with E-state index in [2.05, 4.69) is 26.8 Å². The van der Waals surface area contributed by atoms with Crippen molar-refractivity contribution in [2.45, 2.75) is 200 Å². The Morgan fingerprint density at radius 1 is 0.640 bits per heavy atom. The highest BCUT2D eigenvalue weighted by molar-refractivity contribution is 5.70. The van der Waals surface area contributed by atoms with Crippen LogP contribution < -0.4 is 0 Å². The molecule has 0 amide bonds. The van der Waals surface area contributed by atoms with Gasteiger partial charge in [0.15, 0.2) is 6.10 Å². The van der Waals surface area contributed by atoms with Gasteiger partial charge in [0.05, 0.1) is 12.7 Å². The Morgan fingerprint density at radius 2 is 1.22 bits per heavy atom.